The lowest BCUT2D eigenvalue weighted by Gasteiger charge is -2.07. The predicted octanol–water partition coefficient (Wildman–Crippen LogP) is 8.92. The smallest absolute Gasteiger partial charge is 0.303 e. The fourth-order valence-electron chi connectivity index (χ4n) is 3.80. The first kappa shape index (κ1) is 26.5. The molecular formula is C25H50O2. The molecule has 2 heteroatoms. The van der Waals surface area contributed by atoms with E-state index in [1.807, 2.05) is 0 Å². The third-order valence-corrected chi connectivity index (χ3v) is 6.03. The Labute approximate surface area is 170 Å². The Morgan fingerprint density at radius 1 is 0.593 bits per heavy atom. The molecule has 0 rings (SSSR count). The van der Waals surface area contributed by atoms with Gasteiger partial charge in [0.15, 0.2) is 0 Å². The number of carboxylic acids is 1. The minimum Gasteiger partial charge on any atom is -0.481 e. The van der Waals surface area contributed by atoms with E-state index in [4.69, 9.17) is 5.11 Å². The molecule has 0 saturated heterocycles. The summed E-state index contributed by atoms with van der Waals surface area (Å²) in [5, 5.41) is 8.58. The molecule has 0 spiro atoms. The summed E-state index contributed by atoms with van der Waals surface area (Å²) in [7, 11) is 0. The number of hydrogen-bond acceptors (Lipinski definition) is 1. The summed E-state index contributed by atoms with van der Waals surface area (Å²) in [5.74, 6) is 0.280. The van der Waals surface area contributed by atoms with Crippen LogP contribution in [0.5, 0.6) is 0 Å². The lowest BCUT2D eigenvalue weighted by atomic mass is 9.99. The molecule has 1 N–H and O–H groups in total. The molecule has 0 aliphatic carbocycles. The van der Waals surface area contributed by atoms with Crippen molar-refractivity contribution in [2.24, 2.45) is 5.92 Å². The summed E-state index contributed by atoms with van der Waals surface area (Å²) in [6.07, 6.45) is 27.5. The molecule has 0 radical (unpaired) electrons. The number of aliphatic carboxylic acids is 1. The molecule has 0 aromatic rings. The summed E-state index contributed by atoms with van der Waals surface area (Å²) in [6, 6.07) is 0. The molecule has 0 aromatic heterocycles. The molecule has 0 unspecified atom stereocenters. The molecule has 0 amide bonds. The van der Waals surface area contributed by atoms with Crippen molar-refractivity contribution in [1.29, 1.82) is 0 Å². The topological polar surface area (TPSA) is 37.3 Å². The van der Waals surface area contributed by atoms with Gasteiger partial charge in [0.2, 0.25) is 0 Å². The molecule has 1 atom stereocenters. The molecule has 0 aliphatic rings. The average molecular weight is 383 g/mol. The maximum Gasteiger partial charge on any atom is 0.303 e. The number of hydrogen-bond donors (Lipinski definition) is 1. The fraction of sp³-hybridized carbons (Fsp3) is 0.960. The van der Waals surface area contributed by atoms with Crippen LogP contribution in [0.1, 0.15) is 149 Å². The normalized spacial score (nSPS) is 12.4. The SMILES string of the molecule is CC[C@H](C)CCCCCCCCCCCCCCCCCCCCC(=O)O. The Bertz CT molecular complexity index is 301. The predicted molar refractivity (Wildman–Crippen MR) is 119 cm³/mol. The van der Waals surface area contributed by atoms with Gasteiger partial charge < -0.3 is 5.11 Å². The third-order valence-electron chi connectivity index (χ3n) is 6.03. The van der Waals surface area contributed by atoms with E-state index in [2.05, 4.69) is 13.8 Å². The molecule has 0 fully saturated rings. The quantitative estimate of drug-likeness (QED) is 0.190. The standard InChI is InChI=1S/C25H50O2/c1-3-24(2)22-20-18-16-14-12-10-8-6-4-5-7-9-11-13-15-17-19-21-23-25(26)27/h24H,3-23H2,1-2H3,(H,26,27)/t24-/m0/s1. The van der Waals surface area contributed by atoms with Crippen LogP contribution in [0.4, 0.5) is 0 Å². The van der Waals surface area contributed by atoms with Crippen LogP contribution in [0, 0.1) is 5.92 Å². The van der Waals surface area contributed by atoms with E-state index in [-0.39, 0.29) is 0 Å². The van der Waals surface area contributed by atoms with Crippen molar-refractivity contribution in [1.82, 2.24) is 0 Å². The lowest BCUT2D eigenvalue weighted by Crippen LogP contribution is -1.93. The summed E-state index contributed by atoms with van der Waals surface area (Å²) < 4.78 is 0. The maximum absolute atomic E-state index is 10.4. The van der Waals surface area contributed by atoms with Gasteiger partial charge in [-0.1, -0.05) is 136 Å². The van der Waals surface area contributed by atoms with Gasteiger partial charge in [0.25, 0.3) is 0 Å². The van der Waals surface area contributed by atoms with Crippen LogP contribution < -0.4 is 0 Å². The number of carbonyl (C=O) groups is 1. The van der Waals surface area contributed by atoms with Gasteiger partial charge in [-0.25, -0.2) is 0 Å². The zero-order chi connectivity index (χ0) is 20.0. The van der Waals surface area contributed by atoms with E-state index >= 15 is 0 Å². The lowest BCUT2D eigenvalue weighted by molar-refractivity contribution is -0.137. The highest BCUT2D eigenvalue weighted by molar-refractivity contribution is 5.66. The molecule has 0 aliphatic heterocycles. The average Bonchev–Trinajstić information content (AvgIpc) is 2.65. The molecule has 0 aromatic carbocycles. The van der Waals surface area contributed by atoms with Crippen molar-refractivity contribution in [3.8, 4) is 0 Å². The fourth-order valence-corrected chi connectivity index (χ4v) is 3.80. The van der Waals surface area contributed by atoms with Crippen molar-refractivity contribution >= 4 is 5.97 Å². The van der Waals surface area contributed by atoms with Crippen molar-refractivity contribution in [3.63, 3.8) is 0 Å². The Balaban J connectivity index is 3.02. The first-order valence-electron chi connectivity index (χ1n) is 12.4. The van der Waals surface area contributed by atoms with E-state index in [0.29, 0.717) is 6.42 Å². The van der Waals surface area contributed by atoms with Gasteiger partial charge in [0.05, 0.1) is 0 Å². The first-order valence-corrected chi connectivity index (χ1v) is 12.4. The zero-order valence-corrected chi connectivity index (χ0v) is 18.8. The van der Waals surface area contributed by atoms with E-state index in [1.165, 1.54) is 116 Å². The number of rotatable bonds is 22. The highest BCUT2D eigenvalue weighted by Gasteiger charge is 1.99. The molecule has 162 valence electrons. The minimum atomic E-state index is -0.650. The molecular weight excluding hydrogens is 332 g/mol. The largest absolute Gasteiger partial charge is 0.481 e. The summed E-state index contributed by atoms with van der Waals surface area (Å²) >= 11 is 0. The molecule has 27 heavy (non-hydrogen) atoms. The number of carboxylic acid groups (broad SMARTS) is 1. The van der Waals surface area contributed by atoms with Gasteiger partial charge in [0.1, 0.15) is 0 Å². The Kier molecular flexibility index (Phi) is 21.3. The summed E-state index contributed by atoms with van der Waals surface area (Å²) in [4.78, 5) is 10.4. The van der Waals surface area contributed by atoms with Gasteiger partial charge in [0, 0.05) is 6.42 Å². The second kappa shape index (κ2) is 21.8. The molecule has 0 heterocycles. The van der Waals surface area contributed by atoms with Crippen molar-refractivity contribution in [2.45, 2.75) is 149 Å². The maximum atomic E-state index is 10.4. The molecule has 2 nitrogen and oxygen atoms in total. The van der Waals surface area contributed by atoms with Gasteiger partial charge in [-0.05, 0) is 12.3 Å². The Hall–Kier alpha value is -0.530. The van der Waals surface area contributed by atoms with Gasteiger partial charge >= 0.3 is 5.97 Å². The van der Waals surface area contributed by atoms with Gasteiger partial charge in [-0.3, -0.25) is 4.79 Å². The highest BCUT2D eigenvalue weighted by Crippen LogP contribution is 2.16. The minimum absolute atomic E-state index is 0.346. The first-order chi connectivity index (χ1) is 13.2. The summed E-state index contributed by atoms with van der Waals surface area (Å²) in [6.45, 7) is 4.69. The second-order valence-corrected chi connectivity index (χ2v) is 8.81. The third kappa shape index (κ3) is 23.4. The van der Waals surface area contributed by atoms with E-state index in [9.17, 15) is 4.79 Å². The van der Waals surface area contributed by atoms with Crippen molar-refractivity contribution < 1.29 is 9.90 Å². The zero-order valence-electron chi connectivity index (χ0n) is 18.8. The van der Waals surface area contributed by atoms with E-state index in [1.54, 1.807) is 0 Å². The van der Waals surface area contributed by atoms with Crippen molar-refractivity contribution in [3.05, 3.63) is 0 Å². The van der Waals surface area contributed by atoms with Gasteiger partial charge in [-0.2, -0.15) is 0 Å². The van der Waals surface area contributed by atoms with Crippen LogP contribution in [0.25, 0.3) is 0 Å². The Morgan fingerprint density at radius 2 is 0.889 bits per heavy atom. The Morgan fingerprint density at radius 3 is 1.19 bits per heavy atom. The van der Waals surface area contributed by atoms with Crippen LogP contribution in [0.2, 0.25) is 0 Å². The van der Waals surface area contributed by atoms with Crippen LogP contribution >= 0.6 is 0 Å². The van der Waals surface area contributed by atoms with E-state index in [0.717, 1.165) is 18.8 Å². The van der Waals surface area contributed by atoms with Crippen molar-refractivity contribution in [2.75, 3.05) is 0 Å². The monoisotopic (exact) mass is 382 g/mol. The van der Waals surface area contributed by atoms with Crippen LogP contribution in [0.15, 0.2) is 0 Å². The number of unbranched alkanes of at least 4 members (excludes halogenated alkanes) is 17. The molecule has 0 bridgehead atoms. The second-order valence-electron chi connectivity index (χ2n) is 8.81. The highest BCUT2D eigenvalue weighted by atomic mass is 16.4. The van der Waals surface area contributed by atoms with Crippen LogP contribution in [-0.2, 0) is 4.79 Å². The summed E-state index contributed by atoms with van der Waals surface area (Å²) in [5.41, 5.74) is 0. The van der Waals surface area contributed by atoms with Crippen LogP contribution in [-0.4, -0.2) is 11.1 Å². The van der Waals surface area contributed by atoms with Crippen LogP contribution in [0.3, 0.4) is 0 Å². The van der Waals surface area contributed by atoms with Gasteiger partial charge in [-0.15, -0.1) is 0 Å². The van der Waals surface area contributed by atoms with E-state index < -0.39 is 5.97 Å². The molecule has 0 saturated carbocycles.